The van der Waals surface area contributed by atoms with Crippen LogP contribution in [0, 0.1) is 17.2 Å². The van der Waals surface area contributed by atoms with Crippen LogP contribution in [0.4, 0.5) is 23.4 Å². The zero-order valence-corrected chi connectivity index (χ0v) is 15.0. The summed E-state index contributed by atoms with van der Waals surface area (Å²) in [5.74, 6) is 1.83. The van der Waals surface area contributed by atoms with Crippen LogP contribution in [0.3, 0.4) is 0 Å². The lowest BCUT2D eigenvalue weighted by molar-refractivity contribution is -0.440. The summed E-state index contributed by atoms with van der Waals surface area (Å²) in [7, 11) is 0. The summed E-state index contributed by atoms with van der Waals surface area (Å²) >= 11 is 5.69. The van der Waals surface area contributed by atoms with Crippen LogP contribution in [0.15, 0.2) is 6.20 Å². The molecule has 1 amide bonds. The lowest BCUT2D eigenvalue weighted by Crippen LogP contribution is -2.73. The zero-order valence-electron chi connectivity index (χ0n) is 14.2. The molecule has 2 fully saturated rings. The third kappa shape index (κ3) is 4.25. The average molecular weight is 429 g/mol. The number of carbonyl (C=O) groups is 2. The molecule has 1 aromatic rings. The number of hydrazine groups is 1. The Morgan fingerprint density at radius 2 is 2.00 bits per heavy atom. The predicted octanol–water partition coefficient (Wildman–Crippen LogP) is -1.25. The molecule has 0 aliphatic heterocycles. The third-order valence-corrected chi connectivity index (χ3v) is 5.16. The average Bonchev–Trinajstić information content (AvgIpc) is 3.12. The van der Waals surface area contributed by atoms with Crippen LogP contribution < -0.4 is 27.4 Å². The minimum absolute atomic E-state index is 0.00365. The van der Waals surface area contributed by atoms with Gasteiger partial charge in [-0.3, -0.25) is 10.2 Å². The minimum Gasteiger partial charge on any atom is -0.542 e. The number of nitrogens with one attached hydrogen (secondary N) is 2. The first-order valence-electron chi connectivity index (χ1n) is 7.98. The fourth-order valence-corrected chi connectivity index (χ4v) is 3.99. The Bertz CT molecular complexity index is 767. The van der Waals surface area contributed by atoms with Crippen molar-refractivity contribution < 1.29 is 38.0 Å². The first kappa shape index (κ1) is 22.0. The maximum absolute atomic E-state index is 13.8. The Labute approximate surface area is 160 Å². The summed E-state index contributed by atoms with van der Waals surface area (Å²) in [6.45, 7) is 0. The molecule has 2 saturated carbocycles. The minimum atomic E-state index is -5.19. The van der Waals surface area contributed by atoms with E-state index in [9.17, 15) is 22.4 Å². The van der Waals surface area contributed by atoms with Gasteiger partial charge in [0.05, 0.1) is 6.20 Å². The van der Waals surface area contributed by atoms with Gasteiger partial charge in [-0.15, -0.1) is 0 Å². The Kier molecular flexibility index (Phi) is 6.31. The first-order chi connectivity index (χ1) is 12.9. The molecule has 9 nitrogen and oxygen atoms in total. The summed E-state index contributed by atoms with van der Waals surface area (Å²) in [5.41, 5.74) is 5.58. The number of quaternary nitrogens is 1. The van der Waals surface area contributed by atoms with Crippen LogP contribution in [0.2, 0.25) is 5.28 Å². The molecule has 28 heavy (non-hydrogen) atoms. The first-order valence-corrected chi connectivity index (χ1v) is 8.36. The van der Waals surface area contributed by atoms with Crippen LogP contribution in [-0.4, -0.2) is 40.1 Å². The maximum Gasteiger partial charge on any atom is 0.430 e. The molecular formula is C14H17ClF4N6O3. The van der Waals surface area contributed by atoms with Gasteiger partial charge in [0.15, 0.2) is 11.6 Å². The third-order valence-electron chi connectivity index (χ3n) is 4.97. The molecule has 156 valence electrons. The number of hydrogen-bond acceptors (Lipinski definition) is 7. The summed E-state index contributed by atoms with van der Waals surface area (Å²) < 4.78 is 45.3. The summed E-state index contributed by atoms with van der Waals surface area (Å²) in [6, 6.07) is -0.347. The number of aliphatic carboxylic acids is 1. The number of hydrogen-bond donors (Lipinski definition) is 4. The van der Waals surface area contributed by atoms with E-state index in [2.05, 4.69) is 26.4 Å². The summed E-state index contributed by atoms with van der Waals surface area (Å²) in [4.78, 5) is 28.5. The van der Waals surface area contributed by atoms with E-state index in [0.717, 1.165) is 19.0 Å². The molecule has 3 rings (SSSR count). The standard InChI is InChI=1S/C12H16ClFN6O.C2HF3O2/c13-11-17-4-6(14)9(19-11)18-8-2-5-1-7(15)12(8,3-5)10(21)20-16;3-2(4,5)1(6)7/h4-5,7-8H,1-3,15-16H2,(H,20,21)(H,17,18,19);(H,6,7). The number of carboxylic acid groups (broad SMARTS) is 1. The number of anilines is 1. The highest BCUT2D eigenvalue weighted by molar-refractivity contribution is 6.28. The number of fused-ring (bicyclic) bond motifs is 2. The molecule has 0 radical (unpaired) electrons. The number of aromatic nitrogens is 2. The zero-order chi connectivity index (χ0) is 21.3. The van der Waals surface area contributed by atoms with E-state index in [1.54, 1.807) is 0 Å². The Balaban J connectivity index is 0.000000345. The van der Waals surface area contributed by atoms with E-state index < -0.39 is 23.4 Å². The Morgan fingerprint density at radius 3 is 2.50 bits per heavy atom. The van der Waals surface area contributed by atoms with Gasteiger partial charge in [0, 0.05) is 12.5 Å². The highest BCUT2D eigenvalue weighted by Crippen LogP contribution is 2.53. The number of alkyl halides is 3. The monoisotopic (exact) mass is 428 g/mol. The van der Waals surface area contributed by atoms with Crippen molar-refractivity contribution in [2.45, 2.75) is 37.5 Å². The number of nitrogens with zero attached hydrogens (tertiary/aromatic N) is 2. The van der Waals surface area contributed by atoms with Crippen LogP contribution in [0.25, 0.3) is 0 Å². The van der Waals surface area contributed by atoms with E-state index in [1.807, 2.05) is 0 Å². The Hall–Kier alpha value is -2.25. The molecule has 2 bridgehead atoms. The van der Waals surface area contributed by atoms with Crippen molar-refractivity contribution in [1.29, 1.82) is 0 Å². The largest absolute Gasteiger partial charge is 0.542 e. The van der Waals surface area contributed by atoms with Gasteiger partial charge in [0.2, 0.25) is 11.2 Å². The van der Waals surface area contributed by atoms with Gasteiger partial charge in [-0.25, -0.2) is 15.2 Å². The molecule has 4 atom stereocenters. The van der Waals surface area contributed by atoms with Crippen molar-refractivity contribution in [2.24, 2.45) is 17.2 Å². The molecule has 1 heterocycles. The van der Waals surface area contributed by atoms with Crippen molar-refractivity contribution in [3.8, 4) is 0 Å². The van der Waals surface area contributed by atoms with Crippen LogP contribution in [0.1, 0.15) is 19.3 Å². The van der Waals surface area contributed by atoms with Gasteiger partial charge in [0.1, 0.15) is 17.4 Å². The van der Waals surface area contributed by atoms with Gasteiger partial charge in [0.25, 0.3) is 0 Å². The molecule has 0 spiro atoms. The number of rotatable bonds is 3. The molecule has 0 saturated heterocycles. The highest BCUT2D eigenvalue weighted by atomic mass is 35.5. The van der Waals surface area contributed by atoms with E-state index in [4.69, 9.17) is 27.3 Å². The lowest BCUT2D eigenvalue weighted by atomic mass is 9.75. The highest BCUT2D eigenvalue weighted by Gasteiger charge is 2.63. The predicted molar refractivity (Wildman–Crippen MR) is 84.3 cm³/mol. The summed E-state index contributed by atoms with van der Waals surface area (Å²) in [6.07, 6.45) is -1.87. The molecule has 14 heteroatoms. The quantitative estimate of drug-likeness (QED) is 0.154. The van der Waals surface area contributed by atoms with Crippen molar-refractivity contribution >= 4 is 29.3 Å². The fraction of sp³-hybridized carbons (Fsp3) is 0.571. The van der Waals surface area contributed by atoms with Gasteiger partial charge in [-0.05, 0) is 30.4 Å². The second-order valence-electron chi connectivity index (χ2n) is 6.57. The molecule has 0 aromatic carbocycles. The van der Waals surface area contributed by atoms with Gasteiger partial charge in [-0.2, -0.15) is 18.2 Å². The van der Waals surface area contributed by atoms with Crippen molar-refractivity contribution in [1.82, 2.24) is 15.4 Å². The number of amides is 1. The molecule has 2 aliphatic carbocycles. The summed E-state index contributed by atoms with van der Waals surface area (Å²) in [5, 5.41) is 11.7. The topological polar surface area (TPSA) is 161 Å². The molecule has 7 N–H and O–H groups in total. The number of halogens is 5. The van der Waals surface area contributed by atoms with Crippen LogP contribution in [-0.2, 0) is 9.59 Å². The normalized spacial score (nSPS) is 28.3. The van der Waals surface area contributed by atoms with E-state index in [1.165, 1.54) is 0 Å². The van der Waals surface area contributed by atoms with Crippen molar-refractivity contribution in [3.63, 3.8) is 0 Å². The van der Waals surface area contributed by atoms with Crippen molar-refractivity contribution in [2.75, 3.05) is 5.32 Å². The lowest BCUT2D eigenvalue weighted by Gasteiger charge is -2.36. The van der Waals surface area contributed by atoms with Gasteiger partial charge < -0.3 is 21.0 Å². The second kappa shape index (κ2) is 8.01. The number of nitrogens with two attached hydrogens (primary N) is 1. The van der Waals surface area contributed by atoms with E-state index >= 15 is 0 Å². The van der Waals surface area contributed by atoms with Crippen LogP contribution >= 0.6 is 11.6 Å². The van der Waals surface area contributed by atoms with Crippen LogP contribution in [0.5, 0.6) is 0 Å². The molecule has 1 aromatic heterocycles. The van der Waals surface area contributed by atoms with Gasteiger partial charge >= 0.3 is 6.18 Å². The number of carboxylic acids is 1. The molecule has 2 aliphatic rings. The smallest absolute Gasteiger partial charge is 0.430 e. The molecule has 4 unspecified atom stereocenters. The Morgan fingerprint density at radius 1 is 1.39 bits per heavy atom. The van der Waals surface area contributed by atoms with E-state index in [-0.39, 0.29) is 29.1 Å². The SMILES string of the molecule is NNC(=O)C12CC(CC1[NH3+])CC2Nc1nc(Cl)ncc1F.O=C([O-])C(F)(F)F. The number of carbonyl (C=O) groups excluding carboxylic acids is 2. The second-order valence-corrected chi connectivity index (χ2v) is 6.91. The molecular weight excluding hydrogens is 412 g/mol. The van der Waals surface area contributed by atoms with E-state index in [0.29, 0.717) is 12.3 Å². The van der Waals surface area contributed by atoms with Crippen molar-refractivity contribution in [3.05, 3.63) is 17.3 Å². The van der Waals surface area contributed by atoms with Gasteiger partial charge in [-0.1, -0.05) is 0 Å². The fourth-order valence-electron chi connectivity index (χ4n) is 3.86. The maximum atomic E-state index is 13.8.